The molecule has 11 nitrogen and oxygen atoms in total. The Bertz CT molecular complexity index is 1550. The highest BCUT2D eigenvalue weighted by Gasteiger charge is 2.40. The number of ether oxygens (including phenoxy) is 1. The second-order valence-electron chi connectivity index (χ2n) is 16.5. The maximum atomic E-state index is 14.4. The van der Waals surface area contributed by atoms with Gasteiger partial charge in [0.05, 0.1) is 12.0 Å². The number of carboxylic acid groups (broad SMARTS) is 1. The predicted molar refractivity (Wildman–Crippen MR) is 212 cm³/mol. The maximum Gasteiger partial charge on any atom is 0.306 e. The van der Waals surface area contributed by atoms with Gasteiger partial charge in [0.25, 0.3) is 5.91 Å². The van der Waals surface area contributed by atoms with E-state index in [2.05, 4.69) is 36.0 Å². The van der Waals surface area contributed by atoms with Crippen molar-refractivity contribution in [3.63, 3.8) is 0 Å². The monoisotopic (exact) mass is 768 g/mol. The lowest BCUT2D eigenvalue weighted by Gasteiger charge is -2.44. The number of aromatic nitrogens is 1. The van der Waals surface area contributed by atoms with Crippen LogP contribution in [0, 0.1) is 23.7 Å². The number of nitrogens with zero attached hydrogens (tertiary/aromatic N) is 3. The van der Waals surface area contributed by atoms with E-state index in [1.54, 1.807) is 24.3 Å². The van der Waals surface area contributed by atoms with Gasteiger partial charge in [-0.05, 0) is 70.4 Å². The van der Waals surface area contributed by atoms with Crippen LogP contribution >= 0.6 is 11.3 Å². The molecular formula is C42H64N4O7S. The number of likely N-dealkylation sites (tertiary alicyclic amines) is 1. The molecule has 12 heteroatoms. The number of piperidine rings is 1. The number of esters is 1. The van der Waals surface area contributed by atoms with Gasteiger partial charge in [0.1, 0.15) is 10.7 Å². The summed E-state index contributed by atoms with van der Waals surface area (Å²) in [6.45, 7) is 18.3. The number of carboxylic acids is 1. The Kier molecular flexibility index (Phi) is 16.8. The van der Waals surface area contributed by atoms with Crippen LogP contribution in [0.4, 0.5) is 0 Å². The number of nitrogens with one attached hydrogen (secondary N) is 1. The maximum absolute atomic E-state index is 14.4. The minimum Gasteiger partial charge on any atom is -0.481 e. The quantitative estimate of drug-likeness (QED) is 0.140. The van der Waals surface area contributed by atoms with Crippen molar-refractivity contribution in [1.82, 2.24) is 20.1 Å². The lowest BCUT2D eigenvalue weighted by atomic mass is 9.82. The van der Waals surface area contributed by atoms with Gasteiger partial charge in [-0.15, -0.1) is 11.3 Å². The van der Waals surface area contributed by atoms with Crippen molar-refractivity contribution in [1.29, 1.82) is 0 Å². The third kappa shape index (κ3) is 12.7. The second kappa shape index (κ2) is 20.3. The molecule has 300 valence electrons. The number of hydrogen-bond acceptors (Lipinski definition) is 9. The van der Waals surface area contributed by atoms with Gasteiger partial charge in [0.15, 0.2) is 11.9 Å². The molecule has 1 aromatic carbocycles. The SMILES string of the molecule is CC[C@H](C)[C@H](CC(=O)[C@H]1CCCCN1C(C)(C)C)C(=O)N(C)[C@H](C[C@@H](OC(C)=O)c1nc(C(=O)N[C@@H](Cc2ccccc2)C[C@H](C)C(=O)O)cs1)C(C)C. The van der Waals surface area contributed by atoms with E-state index in [9.17, 15) is 29.1 Å². The molecule has 1 aliphatic rings. The summed E-state index contributed by atoms with van der Waals surface area (Å²) in [4.78, 5) is 74.6. The fourth-order valence-corrected chi connectivity index (χ4v) is 8.42. The number of hydrogen-bond donors (Lipinski definition) is 2. The summed E-state index contributed by atoms with van der Waals surface area (Å²) in [6.07, 6.45) is 3.89. The van der Waals surface area contributed by atoms with E-state index < -0.39 is 41.8 Å². The molecule has 54 heavy (non-hydrogen) atoms. The van der Waals surface area contributed by atoms with Crippen molar-refractivity contribution < 1.29 is 33.8 Å². The molecule has 7 atom stereocenters. The standard InChI is InChI=1S/C42H64N4O7S/c1-11-27(4)32(23-36(48)34-19-15-16-20-46(34)42(7,8)9)40(50)45(10)35(26(2)3)24-37(53-29(6)47)39-44-33(25-54-39)38(49)43-31(21-28(5)41(51)52)22-30-17-13-12-14-18-30/h12-14,17-18,25-28,31-32,34-35,37H,11,15-16,19-24H2,1-10H3,(H,43,49)(H,51,52)/t27-,28-,31+,32-,34+,35+,37+/m0/s1. The van der Waals surface area contributed by atoms with E-state index in [0.29, 0.717) is 11.4 Å². The Hall–Kier alpha value is -3.64. The van der Waals surface area contributed by atoms with E-state index in [4.69, 9.17) is 4.74 Å². The first kappa shape index (κ1) is 44.8. The van der Waals surface area contributed by atoms with Crippen LogP contribution in [0.3, 0.4) is 0 Å². The average Bonchev–Trinajstić information content (AvgIpc) is 3.62. The van der Waals surface area contributed by atoms with Crippen LogP contribution in [0.1, 0.15) is 134 Å². The molecule has 0 saturated carbocycles. The lowest BCUT2D eigenvalue weighted by Crippen LogP contribution is -2.54. The van der Waals surface area contributed by atoms with Crippen molar-refractivity contribution in [2.75, 3.05) is 13.6 Å². The molecule has 1 saturated heterocycles. The Labute approximate surface area is 326 Å². The van der Waals surface area contributed by atoms with E-state index in [0.717, 1.165) is 37.8 Å². The highest BCUT2D eigenvalue weighted by Crippen LogP contribution is 2.34. The molecule has 1 fully saturated rings. The topological polar surface area (TPSA) is 146 Å². The molecule has 0 bridgehead atoms. The van der Waals surface area contributed by atoms with Crippen molar-refractivity contribution in [3.8, 4) is 0 Å². The van der Waals surface area contributed by atoms with Crippen LogP contribution in [0.15, 0.2) is 35.7 Å². The zero-order valence-electron chi connectivity index (χ0n) is 34.1. The normalized spacial score (nSPS) is 18.5. The smallest absolute Gasteiger partial charge is 0.306 e. The third-order valence-corrected chi connectivity index (χ3v) is 11.9. The van der Waals surface area contributed by atoms with Crippen molar-refractivity contribution >= 4 is 40.9 Å². The number of Topliss-reactive ketones (excluding diaryl/α,β-unsaturated/α-hetero) is 1. The summed E-state index contributed by atoms with van der Waals surface area (Å²) < 4.78 is 5.81. The summed E-state index contributed by atoms with van der Waals surface area (Å²) in [6, 6.07) is 8.54. The molecule has 2 N–H and O–H groups in total. The molecule has 0 radical (unpaired) electrons. The van der Waals surface area contributed by atoms with Crippen molar-refractivity contribution in [2.24, 2.45) is 23.7 Å². The number of ketones is 1. The summed E-state index contributed by atoms with van der Waals surface area (Å²) in [5.74, 6) is -3.10. The zero-order valence-corrected chi connectivity index (χ0v) is 34.9. The number of carbonyl (C=O) groups excluding carboxylic acids is 4. The summed E-state index contributed by atoms with van der Waals surface area (Å²) >= 11 is 1.20. The number of thiazole rings is 1. The Morgan fingerprint density at radius 3 is 2.30 bits per heavy atom. The average molecular weight is 769 g/mol. The number of amides is 2. The van der Waals surface area contributed by atoms with Crippen LogP contribution in [-0.2, 0) is 30.3 Å². The van der Waals surface area contributed by atoms with E-state index in [-0.39, 0.29) is 66.1 Å². The molecule has 0 unspecified atom stereocenters. The second-order valence-corrected chi connectivity index (χ2v) is 17.4. The molecule has 1 aromatic heterocycles. The third-order valence-electron chi connectivity index (χ3n) is 10.9. The van der Waals surface area contributed by atoms with Gasteiger partial charge in [0, 0.05) is 55.7 Å². The van der Waals surface area contributed by atoms with Crippen LogP contribution in [0.25, 0.3) is 0 Å². The van der Waals surface area contributed by atoms with Crippen LogP contribution in [0.5, 0.6) is 0 Å². The number of carbonyl (C=O) groups is 5. The van der Waals surface area contributed by atoms with Crippen molar-refractivity contribution in [3.05, 3.63) is 52.0 Å². The summed E-state index contributed by atoms with van der Waals surface area (Å²) in [7, 11) is 1.77. The highest BCUT2D eigenvalue weighted by atomic mass is 32.1. The molecule has 2 amide bonds. The molecular weight excluding hydrogens is 705 g/mol. The largest absolute Gasteiger partial charge is 0.481 e. The minimum absolute atomic E-state index is 0.0168. The van der Waals surface area contributed by atoms with Gasteiger partial charge in [-0.3, -0.25) is 28.9 Å². The fraction of sp³-hybridized carbons (Fsp3) is 0.667. The lowest BCUT2D eigenvalue weighted by molar-refractivity contribution is -0.149. The number of rotatable bonds is 19. The summed E-state index contributed by atoms with van der Waals surface area (Å²) in [5, 5.41) is 14.6. The first-order valence-electron chi connectivity index (χ1n) is 19.6. The minimum atomic E-state index is -0.941. The number of aliphatic carboxylic acids is 1. The highest BCUT2D eigenvalue weighted by molar-refractivity contribution is 7.09. The molecule has 0 aliphatic carbocycles. The van der Waals surface area contributed by atoms with Gasteiger partial charge in [-0.2, -0.15) is 0 Å². The van der Waals surface area contributed by atoms with Gasteiger partial charge >= 0.3 is 11.9 Å². The predicted octanol–water partition coefficient (Wildman–Crippen LogP) is 7.35. The fourth-order valence-electron chi connectivity index (χ4n) is 7.58. The Morgan fingerprint density at radius 2 is 1.72 bits per heavy atom. The van der Waals surface area contributed by atoms with Gasteiger partial charge in [0.2, 0.25) is 5.91 Å². The van der Waals surface area contributed by atoms with Gasteiger partial charge in [-0.1, -0.05) is 77.8 Å². The van der Waals surface area contributed by atoms with Gasteiger partial charge in [-0.25, -0.2) is 4.98 Å². The van der Waals surface area contributed by atoms with Crippen molar-refractivity contribution in [2.45, 2.75) is 143 Å². The summed E-state index contributed by atoms with van der Waals surface area (Å²) in [5.41, 5.74) is 0.954. The van der Waals surface area contributed by atoms with Crippen LogP contribution < -0.4 is 5.32 Å². The zero-order chi connectivity index (χ0) is 40.3. The molecule has 2 heterocycles. The van der Waals surface area contributed by atoms with E-state index in [1.165, 1.54) is 18.3 Å². The van der Waals surface area contributed by atoms with E-state index in [1.807, 2.05) is 58.0 Å². The molecule has 0 spiro atoms. The first-order valence-corrected chi connectivity index (χ1v) is 20.5. The first-order chi connectivity index (χ1) is 25.3. The Morgan fingerprint density at radius 1 is 1.06 bits per heavy atom. The van der Waals surface area contributed by atoms with Crippen LogP contribution in [0.2, 0.25) is 0 Å². The Balaban J connectivity index is 1.83. The van der Waals surface area contributed by atoms with Gasteiger partial charge < -0.3 is 20.1 Å². The number of benzene rings is 1. The molecule has 1 aliphatic heterocycles. The molecule has 2 aromatic rings. The van der Waals surface area contributed by atoms with E-state index >= 15 is 0 Å². The molecule has 3 rings (SSSR count). The van der Waals surface area contributed by atoms with Crippen LogP contribution in [-0.4, -0.2) is 86.7 Å².